The fraction of sp³-hybridized carbons (Fsp3) is 0.364. The zero-order valence-electron chi connectivity index (χ0n) is 8.82. The Hall–Kier alpha value is -0.0400. The summed E-state index contributed by atoms with van der Waals surface area (Å²) in [5, 5.41) is 12.2. The summed E-state index contributed by atoms with van der Waals surface area (Å²) in [5.74, 6) is 0.0916. The quantitative estimate of drug-likeness (QED) is 0.825. The van der Waals surface area contributed by atoms with Gasteiger partial charge in [-0.05, 0) is 61.7 Å². The monoisotopic (exact) mass is 379 g/mol. The van der Waals surface area contributed by atoms with Gasteiger partial charge in [0.2, 0.25) is 0 Å². The van der Waals surface area contributed by atoms with Gasteiger partial charge in [0.1, 0.15) is 6.04 Å². The number of aliphatic carboxylic acids is 1. The van der Waals surface area contributed by atoms with E-state index in [1.165, 1.54) is 0 Å². The van der Waals surface area contributed by atoms with E-state index in [1.54, 1.807) is 11.8 Å². The molecule has 1 aromatic carbocycles. The number of rotatable bonds is 2. The van der Waals surface area contributed by atoms with Crippen molar-refractivity contribution in [2.75, 3.05) is 5.75 Å². The molecule has 0 aromatic heterocycles. The third-order valence-corrected chi connectivity index (χ3v) is 5.68. The number of nitrogens with one attached hydrogen (secondary N) is 1. The summed E-state index contributed by atoms with van der Waals surface area (Å²) in [7, 11) is 0. The van der Waals surface area contributed by atoms with Crippen molar-refractivity contribution < 1.29 is 9.90 Å². The number of thioether (sulfide) groups is 1. The number of carbonyl (C=O) groups is 1. The van der Waals surface area contributed by atoms with Gasteiger partial charge in [0.05, 0.1) is 5.37 Å². The van der Waals surface area contributed by atoms with Gasteiger partial charge in [0.25, 0.3) is 0 Å². The second kappa shape index (κ2) is 5.73. The van der Waals surface area contributed by atoms with Crippen LogP contribution in [0.3, 0.4) is 0 Å². The van der Waals surface area contributed by atoms with Crippen LogP contribution in [0.25, 0.3) is 0 Å². The normalized spacial score (nSPS) is 24.6. The maximum Gasteiger partial charge on any atom is 0.320 e. The SMILES string of the molecule is O=C(O)C1CCSC(c2ccc(Br)c(Br)c2)N1. The number of carboxylic acids is 1. The first-order valence-electron chi connectivity index (χ1n) is 5.13. The molecule has 1 aliphatic heterocycles. The largest absolute Gasteiger partial charge is 0.480 e. The summed E-state index contributed by atoms with van der Waals surface area (Å²) in [6, 6.07) is 5.54. The molecule has 1 aliphatic rings. The minimum absolute atomic E-state index is 0.0502. The standard InChI is InChI=1S/C11H11Br2NO2S/c12-7-2-1-6(5-8(7)13)10-14-9(11(15)16)3-4-17-10/h1-2,5,9-10,14H,3-4H2,(H,15,16). The maximum atomic E-state index is 11.0. The van der Waals surface area contributed by atoms with Crippen molar-refractivity contribution in [2.45, 2.75) is 17.8 Å². The Morgan fingerprint density at radius 3 is 2.82 bits per heavy atom. The zero-order valence-corrected chi connectivity index (χ0v) is 12.8. The molecule has 0 spiro atoms. The van der Waals surface area contributed by atoms with Crippen molar-refractivity contribution in [1.29, 1.82) is 0 Å². The van der Waals surface area contributed by atoms with Crippen molar-refractivity contribution >= 4 is 49.6 Å². The van der Waals surface area contributed by atoms with Gasteiger partial charge in [-0.25, -0.2) is 0 Å². The Balaban J connectivity index is 2.16. The predicted octanol–water partition coefficient (Wildman–Crippen LogP) is 3.39. The lowest BCUT2D eigenvalue weighted by Gasteiger charge is -2.28. The summed E-state index contributed by atoms with van der Waals surface area (Å²) in [6.07, 6.45) is 0.675. The first-order chi connectivity index (χ1) is 8.08. The summed E-state index contributed by atoms with van der Waals surface area (Å²) >= 11 is 8.62. The Kier molecular flexibility index (Phi) is 4.52. The Morgan fingerprint density at radius 2 is 2.18 bits per heavy atom. The molecule has 6 heteroatoms. The lowest BCUT2D eigenvalue weighted by molar-refractivity contribution is -0.139. The average Bonchev–Trinajstić information content (AvgIpc) is 2.33. The molecule has 0 saturated carbocycles. The van der Waals surface area contributed by atoms with Gasteiger partial charge < -0.3 is 5.11 Å². The molecule has 1 fully saturated rings. The highest BCUT2D eigenvalue weighted by atomic mass is 79.9. The van der Waals surface area contributed by atoms with Crippen molar-refractivity contribution in [3.05, 3.63) is 32.7 Å². The minimum Gasteiger partial charge on any atom is -0.480 e. The van der Waals surface area contributed by atoms with E-state index in [4.69, 9.17) is 5.11 Å². The highest BCUT2D eigenvalue weighted by Crippen LogP contribution is 2.34. The molecule has 2 unspecified atom stereocenters. The van der Waals surface area contributed by atoms with Gasteiger partial charge in [-0.15, -0.1) is 11.8 Å². The van der Waals surface area contributed by atoms with Crippen LogP contribution in [-0.4, -0.2) is 22.9 Å². The van der Waals surface area contributed by atoms with Crippen molar-refractivity contribution in [2.24, 2.45) is 0 Å². The second-order valence-electron chi connectivity index (χ2n) is 3.77. The Bertz CT molecular complexity index is 441. The third kappa shape index (κ3) is 3.24. The molecular weight excluding hydrogens is 370 g/mol. The number of hydrogen-bond acceptors (Lipinski definition) is 3. The molecule has 92 valence electrons. The molecule has 0 radical (unpaired) electrons. The van der Waals surface area contributed by atoms with Crippen LogP contribution < -0.4 is 5.32 Å². The molecule has 17 heavy (non-hydrogen) atoms. The minimum atomic E-state index is -0.772. The molecule has 0 bridgehead atoms. The molecular formula is C11H11Br2NO2S. The van der Waals surface area contributed by atoms with E-state index < -0.39 is 12.0 Å². The molecule has 2 atom stereocenters. The van der Waals surface area contributed by atoms with Gasteiger partial charge in [-0.2, -0.15) is 0 Å². The molecule has 3 nitrogen and oxygen atoms in total. The third-order valence-electron chi connectivity index (χ3n) is 2.59. The lowest BCUT2D eigenvalue weighted by atomic mass is 10.1. The summed E-state index contributed by atoms with van der Waals surface area (Å²) in [5.41, 5.74) is 1.09. The van der Waals surface area contributed by atoms with Crippen molar-refractivity contribution in [1.82, 2.24) is 5.32 Å². The number of carboxylic acid groups (broad SMARTS) is 1. The highest BCUT2D eigenvalue weighted by molar-refractivity contribution is 9.13. The molecule has 2 N–H and O–H groups in total. The smallest absolute Gasteiger partial charge is 0.320 e. The summed E-state index contributed by atoms with van der Waals surface area (Å²) in [6.45, 7) is 0. The summed E-state index contributed by atoms with van der Waals surface area (Å²) < 4.78 is 1.98. The Labute approximate surface area is 121 Å². The van der Waals surface area contributed by atoms with Crippen LogP contribution in [0.5, 0.6) is 0 Å². The number of hydrogen-bond donors (Lipinski definition) is 2. The van der Waals surface area contributed by atoms with Crippen LogP contribution in [-0.2, 0) is 4.79 Å². The van der Waals surface area contributed by atoms with Gasteiger partial charge >= 0.3 is 5.97 Å². The highest BCUT2D eigenvalue weighted by Gasteiger charge is 2.27. The van der Waals surface area contributed by atoms with Crippen LogP contribution in [0.4, 0.5) is 0 Å². The fourth-order valence-electron chi connectivity index (χ4n) is 1.68. The molecule has 1 aromatic rings. The second-order valence-corrected chi connectivity index (χ2v) is 6.69. The van der Waals surface area contributed by atoms with Crippen LogP contribution in [0, 0.1) is 0 Å². The topological polar surface area (TPSA) is 49.3 Å². The lowest BCUT2D eigenvalue weighted by Crippen LogP contribution is -2.41. The van der Waals surface area contributed by atoms with Crippen molar-refractivity contribution in [3.63, 3.8) is 0 Å². The van der Waals surface area contributed by atoms with E-state index in [9.17, 15) is 4.79 Å². The predicted molar refractivity (Wildman–Crippen MR) is 76.2 cm³/mol. The van der Waals surface area contributed by atoms with Crippen LogP contribution in [0.15, 0.2) is 27.1 Å². The number of benzene rings is 1. The maximum absolute atomic E-state index is 11.0. The van der Waals surface area contributed by atoms with Crippen LogP contribution >= 0.6 is 43.6 Å². The average molecular weight is 381 g/mol. The van der Waals surface area contributed by atoms with E-state index >= 15 is 0 Å². The fourth-order valence-corrected chi connectivity index (χ4v) is 3.53. The number of halogens is 2. The molecule has 0 amide bonds. The van der Waals surface area contributed by atoms with Crippen LogP contribution in [0.2, 0.25) is 0 Å². The van der Waals surface area contributed by atoms with E-state index in [2.05, 4.69) is 37.2 Å². The zero-order chi connectivity index (χ0) is 12.4. The molecule has 1 saturated heterocycles. The van der Waals surface area contributed by atoms with E-state index in [-0.39, 0.29) is 5.37 Å². The van der Waals surface area contributed by atoms with Gasteiger partial charge in [0.15, 0.2) is 0 Å². The Morgan fingerprint density at radius 1 is 1.41 bits per heavy atom. The van der Waals surface area contributed by atoms with Crippen molar-refractivity contribution in [3.8, 4) is 0 Å². The van der Waals surface area contributed by atoms with Crippen LogP contribution in [0.1, 0.15) is 17.4 Å². The first-order valence-corrected chi connectivity index (χ1v) is 7.77. The van der Waals surface area contributed by atoms with E-state index in [0.717, 1.165) is 20.3 Å². The van der Waals surface area contributed by atoms with E-state index in [0.29, 0.717) is 6.42 Å². The summed E-state index contributed by atoms with van der Waals surface area (Å²) in [4.78, 5) is 11.0. The van der Waals surface area contributed by atoms with E-state index in [1.807, 2.05) is 18.2 Å². The molecule has 2 rings (SSSR count). The molecule has 0 aliphatic carbocycles. The molecule has 1 heterocycles. The van der Waals surface area contributed by atoms with Gasteiger partial charge in [-0.3, -0.25) is 10.1 Å². The van der Waals surface area contributed by atoms with Gasteiger partial charge in [0, 0.05) is 8.95 Å². The first kappa shape index (κ1) is 13.4. The van der Waals surface area contributed by atoms with Gasteiger partial charge in [-0.1, -0.05) is 6.07 Å².